The molecule has 15 heavy (non-hydrogen) atoms. The van der Waals surface area contributed by atoms with E-state index in [0.29, 0.717) is 6.54 Å². The van der Waals surface area contributed by atoms with Crippen LogP contribution >= 0.6 is 15.9 Å². The number of amides is 1. The number of hydrogen-bond acceptors (Lipinski definition) is 4. The van der Waals surface area contributed by atoms with Gasteiger partial charge in [-0.05, 0) is 12.8 Å². The topological polar surface area (TPSA) is 84.5 Å². The standard InChI is InChI=1S/C7H15BrN2O4S/c1-14-7(11)10-15(12,13)9-6-4-2-3-5-8/h9H,2-6H2,1H3,(H,10,11). The molecule has 0 aromatic rings. The summed E-state index contributed by atoms with van der Waals surface area (Å²) >= 11 is 3.27. The monoisotopic (exact) mass is 302 g/mol. The van der Waals surface area contributed by atoms with E-state index in [1.54, 1.807) is 4.72 Å². The molecule has 0 aliphatic heterocycles. The number of nitrogens with one attached hydrogen (secondary N) is 2. The van der Waals surface area contributed by atoms with Crippen molar-refractivity contribution < 1.29 is 17.9 Å². The predicted molar refractivity (Wildman–Crippen MR) is 60.1 cm³/mol. The maximum atomic E-state index is 11.1. The number of methoxy groups -OCH3 is 1. The van der Waals surface area contributed by atoms with Gasteiger partial charge in [0.25, 0.3) is 0 Å². The molecule has 0 aliphatic carbocycles. The summed E-state index contributed by atoms with van der Waals surface area (Å²) in [5.41, 5.74) is 0. The Morgan fingerprint density at radius 2 is 2.00 bits per heavy atom. The Labute approximate surface area is 98.1 Å². The maximum absolute atomic E-state index is 11.1. The Kier molecular flexibility index (Phi) is 7.71. The van der Waals surface area contributed by atoms with Crippen molar-refractivity contribution in [2.24, 2.45) is 0 Å². The van der Waals surface area contributed by atoms with Crippen LogP contribution in [0, 0.1) is 0 Å². The van der Waals surface area contributed by atoms with E-state index in [1.165, 1.54) is 0 Å². The molecule has 0 atom stereocenters. The Morgan fingerprint density at radius 3 is 2.53 bits per heavy atom. The molecular formula is C7H15BrN2O4S. The van der Waals surface area contributed by atoms with E-state index in [0.717, 1.165) is 31.7 Å². The molecule has 8 heteroatoms. The minimum Gasteiger partial charge on any atom is -0.452 e. The Morgan fingerprint density at radius 1 is 1.33 bits per heavy atom. The summed E-state index contributed by atoms with van der Waals surface area (Å²) in [5.74, 6) is 0. The van der Waals surface area contributed by atoms with Gasteiger partial charge >= 0.3 is 16.3 Å². The zero-order chi connectivity index (χ0) is 11.7. The molecular weight excluding hydrogens is 288 g/mol. The van der Waals surface area contributed by atoms with Crippen LogP contribution in [-0.4, -0.2) is 33.5 Å². The van der Waals surface area contributed by atoms with Crippen LogP contribution in [0.2, 0.25) is 0 Å². The van der Waals surface area contributed by atoms with Crippen molar-refractivity contribution in [2.45, 2.75) is 19.3 Å². The van der Waals surface area contributed by atoms with Crippen molar-refractivity contribution in [1.82, 2.24) is 9.44 Å². The highest BCUT2D eigenvalue weighted by Gasteiger charge is 2.12. The largest absolute Gasteiger partial charge is 0.452 e. The van der Waals surface area contributed by atoms with E-state index in [9.17, 15) is 13.2 Å². The van der Waals surface area contributed by atoms with Gasteiger partial charge in [-0.1, -0.05) is 22.4 Å². The van der Waals surface area contributed by atoms with Crippen LogP contribution in [0.1, 0.15) is 19.3 Å². The molecule has 0 aromatic heterocycles. The first-order valence-electron chi connectivity index (χ1n) is 4.43. The second kappa shape index (κ2) is 7.89. The van der Waals surface area contributed by atoms with Crippen molar-refractivity contribution in [1.29, 1.82) is 0 Å². The minimum atomic E-state index is -3.77. The number of ether oxygens (including phenoxy) is 1. The Hall–Kier alpha value is -0.340. The Bertz CT molecular complexity index is 281. The van der Waals surface area contributed by atoms with Crippen LogP contribution in [0.25, 0.3) is 0 Å². The third-order valence-electron chi connectivity index (χ3n) is 1.51. The first-order valence-corrected chi connectivity index (χ1v) is 7.03. The fourth-order valence-electron chi connectivity index (χ4n) is 0.790. The maximum Gasteiger partial charge on any atom is 0.421 e. The number of carbonyl (C=O) groups excluding carboxylic acids is 1. The molecule has 0 radical (unpaired) electrons. The molecule has 0 unspecified atom stereocenters. The van der Waals surface area contributed by atoms with E-state index in [1.807, 2.05) is 0 Å². The minimum absolute atomic E-state index is 0.305. The highest BCUT2D eigenvalue weighted by molar-refractivity contribution is 9.09. The van der Waals surface area contributed by atoms with Crippen molar-refractivity contribution in [3.05, 3.63) is 0 Å². The van der Waals surface area contributed by atoms with E-state index in [-0.39, 0.29) is 0 Å². The molecule has 6 nitrogen and oxygen atoms in total. The second-order valence-electron chi connectivity index (χ2n) is 2.74. The molecule has 0 bridgehead atoms. The summed E-state index contributed by atoms with van der Waals surface area (Å²) in [6.07, 6.45) is 1.65. The van der Waals surface area contributed by atoms with Gasteiger partial charge in [-0.2, -0.15) is 13.1 Å². The van der Waals surface area contributed by atoms with Gasteiger partial charge in [-0.25, -0.2) is 9.52 Å². The smallest absolute Gasteiger partial charge is 0.421 e. The SMILES string of the molecule is COC(=O)NS(=O)(=O)NCCCCCBr. The van der Waals surface area contributed by atoms with Gasteiger partial charge in [0.2, 0.25) is 0 Å². The van der Waals surface area contributed by atoms with Crippen LogP contribution in [0.4, 0.5) is 4.79 Å². The third kappa shape index (κ3) is 8.64. The van der Waals surface area contributed by atoms with Crippen molar-refractivity contribution in [3.63, 3.8) is 0 Å². The zero-order valence-corrected chi connectivity index (χ0v) is 10.9. The average molecular weight is 303 g/mol. The van der Waals surface area contributed by atoms with E-state index < -0.39 is 16.3 Å². The fourth-order valence-corrected chi connectivity index (χ4v) is 1.97. The molecule has 0 aromatic carbocycles. The summed E-state index contributed by atoms with van der Waals surface area (Å²) in [6, 6.07) is 0. The highest BCUT2D eigenvalue weighted by Crippen LogP contribution is 1.97. The predicted octanol–water partition coefficient (Wildman–Crippen LogP) is 0.742. The number of hydrogen-bond donors (Lipinski definition) is 2. The van der Waals surface area contributed by atoms with Gasteiger partial charge in [-0.15, -0.1) is 0 Å². The molecule has 0 saturated heterocycles. The number of alkyl halides is 1. The van der Waals surface area contributed by atoms with Gasteiger partial charge in [0, 0.05) is 11.9 Å². The van der Waals surface area contributed by atoms with Crippen LogP contribution in [0.3, 0.4) is 0 Å². The number of rotatable bonds is 7. The normalized spacial score (nSPS) is 11.1. The lowest BCUT2D eigenvalue weighted by Crippen LogP contribution is -2.40. The van der Waals surface area contributed by atoms with Crippen LogP contribution in [0.5, 0.6) is 0 Å². The van der Waals surface area contributed by atoms with Gasteiger partial charge in [-0.3, -0.25) is 0 Å². The van der Waals surface area contributed by atoms with E-state index in [2.05, 4.69) is 25.4 Å². The zero-order valence-electron chi connectivity index (χ0n) is 8.45. The van der Waals surface area contributed by atoms with Gasteiger partial charge < -0.3 is 4.74 Å². The summed E-state index contributed by atoms with van der Waals surface area (Å²) < 4.78 is 30.3. The van der Waals surface area contributed by atoms with Gasteiger partial charge in [0.1, 0.15) is 0 Å². The number of halogens is 1. The van der Waals surface area contributed by atoms with E-state index in [4.69, 9.17) is 0 Å². The average Bonchev–Trinajstić information content (AvgIpc) is 2.16. The van der Waals surface area contributed by atoms with Gasteiger partial charge in [0.15, 0.2) is 0 Å². The lowest BCUT2D eigenvalue weighted by molar-refractivity contribution is 0.177. The lowest BCUT2D eigenvalue weighted by Gasteiger charge is -2.06. The molecule has 2 N–H and O–H groups in total. The highest BCUT2D eigenvalue weighted by atomic mass is 79.9. The molecule has 0 aliphatic rings. The van der Waals surface area contributed by atoms with E-state index >= 15 is 0 Å². The fraction of sp³-hybridized carbons (Fsp3) is 0.857. The second-order valence-corrected chi connectivity index (χ2v) is 5.03. The van der Waals surface area contributed by atoms with Crippen molar-refractivity contribution in [2.75, 3.05) is 19.0 Å². The Balaban J connectivity index is 3.70. The first-order chi connectivity index (χ1) is 7.02. The van der Waals surface area contributed by atoms with Crippen LogP contribution < -0.4 is 9.44 Å². The molecule has 0 rings (SSSR count). The van der Waals surface area contributed by atoms with Crippen molar-refractivity contribution in [3.8, 4) is 0 Å². The lowest BCUT2D eigenvalue weighted by atomic mass is 10.3. The van der Waals surface area contributed by atoms with Crippen molar-refractivity contribution >= 4 is 32.2 Å². The summed E-state index contributed by atoms with van der Waals surface area (Å²) in [6.45, 7) is 0.305. The summed E-state index contributed by atoms with van der Waals surface area (Å²) in [4.78, 5) is 10.6. The molecule has 0 spiro atoms. The molecule has 90 valence electrons. The molecule has 0 heterocycles. The number of unbranched alkanes of at least 4 members (excludes halogenated alkanes) is 2. The summed E-state index contributed by atoms with van der Waals surface area (Å²) in [7, 11) is -2.67. The van der Waals surface area contributed by atoms with Crippen LogP contribution in [-0.2, 0) is 14.9 Å². The van der Waals surface area contributed by atoms with Gasteiger partial charge in [0.05, 0.1) is 7.11 Å². The molecule has 0 fully saturated rings. The molecule has 1 amide bonds. The quantitative estimate of drug-likeness (QED) is 0.537. The first kappa shape index (κ1) is 14.7. The third-order valence-corrected chi connectivity index (χ3v) is 3.09. The summed E-state index contributed by atoms with van der Waals surface area (Å²) in [5, 5.41) is 0.903. The number of carbonyl (C=O) groups is 1. The molecule has 0 saturated carbocycles. The van der Waals surface area contributed by atoms with Crippen LogP contribution in [0.15, 0.2) is 0 Å².